The monoisotopic (exact) mass is 313 g/mol. The number of likely N-dealkylation sites (N-methyl/N-ethyl adjacent to an activating group) is 1. The van der Waals surface area contributed by atoms with Gasteiger partial charge in [-0.3, -0.25) is 4.79 Å². The number of aromatic amines is 1. The Balaban J connectivity index is 1.81. The predicted octanol–water partition coefficient (Wildman–Crippen LogP) is 3.44. The second-order valence-electron chi connectivity index (χ2n) is 5.68. The van der Waals surface area contributed by atoms with Gasteiger partial charge in [0.05, 0.1) is 24.2 Å². The van der Waals surface area contributed by atoms with Gasteiger partial charge in [0.25, 0.3) is 0 Å². The smallest absolute Gasteiger partial charge is 0.227 e. The molecular formula is C17H19N3OS. The third-order valence-corrected chi connectivity index (χ3v) is 4.55. The standard InChI is InChI=1S/C17H19N3OS/c1-11-4-5-16-15(6-11)14(12(2)19-16)7-17(21)20(3)8-13-9-22-10-18-13/h4-6,9-10,19H,7-8H2,1-3H3. The lowest BCUT2D eigenvalue weighted by Crippen LogP contribution is -2.28. The summed E-state index contributed by atoms with van der Waals surface area (Å²) in [5, 5.41) is 3.12. The predicted molar refractivity (Wildman–Crippen MR) is 90.1 cm³/mol. The van der Waals surface area contributed by atoms with Crippen molar-refractivity contribution >= 4 is 28.1 Å². The van der Waals surface area contributed by atoms with E-state index in [2.05, 4.69) is 35.1 Å². The summed E-state index contributed by atoms with van der Waals surface area (Å²) >= 11 is 1.55. The van der Waals surface area contributed by atoms with Crippen molar-refractivity contribution in [3.05, 3.63) is 51.6 Å². The van der Waals surface area contributed by atoms with Crippen LogP contribution >= 0.6 is 11.3 Å². The van der Waals surface area contributed by atoms with Gasteiger partial charge in [-0.2, -0.15) is 0 Å². The summed E-state index contributed by atoms with van der Waals surface area (Å²) in [6.07, 6.45) is 0.413. The van der Waals surface area contributed by atoms with Crippen LogP contribution in [0.5, 0.6) is 0 Å². The maximum absolute atomic E-state index is 12.5. The SMILES string of the molecule is Cc1ccc2[nH]c(C)c(CC(=O)N(C)Cc3cscn3)c2c1. The highest BCUT2D eigenvalue weighted by molar-refractivity contribution is 7.07. The van der Waals surface area contributed by atoms with Gasteiger partial charge in [0.15, 0.2) is 0 Å². The topological polar surface area (TPSA) is 49.0 Å². The van der Waals surface area contributed by atoms with Crippen LogP contribution in [0.4, 0.5) is 0 Å². The van der Waals surface area contributed by atoms with Crippen LogP contribution in [0.2, 0.25) is 0 Å². The zero-order valence-corrected chi connectivity index (χ0v) is 13.8. The summed E-state index contributed by atoms with van der Waals surface area (Å²) in [5.74, 6) is 0.110. The zero-order valence-electron chi connectivity index (χ0n) is 13.0. The summed E-state index contributed by atoms with van der Waals surface area (Å²) in [7, 11) is 1.83. The number of aryl methyl sites for hydroxylation is 2. The van der Waals surface area contributed by atoms with Crippen LogP contribution in [0, 0.1) is 13.8 Å². The number of benzene rings is 1. The van der Waals surface area contributed by atoms with E-state index in [-0.39, 0.29) is 5.91 Å². The summed E-state index contributed by atoms with van der Waals surface area (Å²) in [6, 6.07) is 6.30. The molecule has 0 unspecified atom stereocenters. The molecule has 0 atom stereocenters. The number of fused-ring (bicyclic) bond motifs is 1. The van der Waals surface area contributed by atoms with Gasteiger partial charge in [-0.1, -0.05) is 11.6 Å². The van der Waals surface area contributed by atoms with E-state index in [4.69, 9.17) is 0 Å². The van der Waals surface area contributed by atoms with Crippen molar-refractivity contribution in [2.45, 2.75) is 26.8 Å². The van der Waals surface area contributed by atoms with Crippen molar-refractivity contribution in [2.24, 2.45) is 0 Å². The van der Waals surface area contributed by atoms with Crippen molar-refractivity contribution in [2.75, 3.05) is 7.05 Å². The molecule has 2 heterocycles. The van der Waals surface area contributed by atoms with Crippen LogP contribution in [-0.2, 0) is 17.8 Å². The lowest BCUT2D eigenvalue weighted by atomic mass is 10.1. The summed E-state index contributed by atoms with van der Waals surface area (Å²) in [5.41, 5.74) is 7.18. The maximum atomic E-state index is 12.5. The van der Waals surface area contributed by atoms with E-state index >= 15 is 0 Å². The zero-order chi connectivity index (χ0) is 15.7. The first-order chi connectivity index (χ1) is 10.5. The van der Waals surface area contributed by atoms with E-state index in [0.29, 0.717) is 13.0 Å². The Labute approximate surface area is 133 Å². The minimum Gasteiger partial charge on any atom is -0.358 e. The average molecular weight is 313 g/mol. The second-order valence-corrected chi connectivity index (χ2v) is 6.40. The Hall–Kier alpha value is -2.14. The first-order valence-electron chi connectivity index (χ1n) is 7.23. The Kier molecular flexibility index (Phi) is 3.98. The lowest BCUT2D eigenvalue weighted by molar-refractivity contribution is -0.129. The number of H-pyrrole nitrogens is 1. The second kappa shape index (κ2) is 5.93. The molecule has 0 fully saturated rings. The quantitative estimate of drug-likeness (QED) is 0.802. The number of amides is 1. The fraction of sp³-hybridized carbons (Fsp3) is 0.294. The number of carbonyl (C=O) groups is 1. The Morgan fingerprint density at radius 2 is 2.18 bits per heavy atom. The van der Waals surface area contributed by atoms with Gasteiger partial charge in [0.1, 0.15) is 0 Å². The Morgan fingerprint density at radius 3 is 2.91 bits per heavy atom. The molecule has 3 aromatic rings. The number of hydrogen-bond donors (Lipinski definition) is 1. The van der Waals surface area contributed by atoms with Crippen molar-refractivity contribution in [1.29, 1.82) is 0 Å². The van der Waals surface area contributed by atoms with Gasteiger partial charge in [0.2, 0.25) is 5.91 Å². The molecule has 0 aliphatic heterocycles. The van der Waals surface area contributed by atoms with E-state index in [9.17, 15) is 4.79 Å². The normalized spacial score (nSPS) is 11.0. The molecule has 1 amide bonds. The Morgan fingerprint density at radius 1 is 1.36 bits per heavy atom. The van der Waals surface area contributed by atoms with E-state index < -0.39 is 0 Å². The molecule has 2 aromatic heterocycles. The summed E-state index contributed by atoms with van der Waals surface area (Å²) in [6.45, 7) is 4.66. The van der Waals surface area contributed by atoms with Gasteiger partial charge in [0, 0.05) is 29.0 Å². The number of nitrogens with zero attached hydrogens (tertiary/aromatic N) is 2. The van der Waals surface area contributed by atoms with Crippen LogP contribution in [0.15, 0.2) is 29.1 Å². The molecule has 3 rings (SSSR count). The fourth-order valence-corrected chi connectivity index (χ4v) is 3.21. The van der Waals surface area contributed by atoms with Crippen LogP contribution in [0.25, 0.3) is 10.9 Å². The number of thiazole rings is 1. The van der Waals surface area contributed by atoms with Crippen LogP contribution in [0.3, 0.4) is 0 Å². The lowest BCUT2D eigenvalue weighted by Gasteiger charge is -2.16. The van der Waals surface area contributed by atoms with Gasteiger partial charge in [-0.05, 0) is 31.5 Å². The number of rotatable bonds is 4. The van der Waals surface area contributed by atoms with Gasteiger partial charge < -0.3 is 9.88 Å². The molecule has 114 valence electrons. The number of hydrogen-bond acceptors (Lipinski definition) is 3. The minimum atomic E-state index is 0.110. The molecule has 0 saturated carbocycles. The van der Waals surface area contributed by atoms with Crippen LogP contribution in [-0.4, -0.2) is 27.8 Å². The molecule has 1 N–H and O–H groups in total. The molecule has 22 heavy (non-hydrogen) atoms. The first kappa shape index (κ1) is 14.8. The van der Waals surface area contributed by atoms with Crippen molar-refractivity contribution < 1.29 is 4.79 Å². The molecule has 0 aliphatic carbocycles. The molecule has 0 radical (unpaired) electrons. The molecule has 5 heteroatoms. The number of carbonyl (C=O) groups excluding carboxylic acids is 1. The number of aromatic nitrogens is 2. The average Bonchev–Trinajstić information content (AvgIpc) is 3.08. The van der Waals surface area contributed by atoms with Crippen molar-refractivity contribution in [3.8, 4) is 0 Å². The highest BCUT2D eigenvalue weighted by Gasteiger charge is 2.16. The maximum Gasteiger partial charge on any atom is 0.227 e. The largest absolute Gasteiger partial charge is 0.358 e. The van der Waals surface area contributed by atoms with Gasteiger partial charge >= 0.3 is 0 Å². The highest BCUT2D eigenvalue weighted by atomic mass is 32.1. The van der Waals surface area contributed by atoms with Gasteiger partial charge in [-0.25, -0.2) is 4.98 Å². The highest BCUT2D eigenvalue weighted by Crippen LogP contribution is 2.24. The van der Waals surface area contributed by atoms with Crippen LogP contribution < -0.4 is 0 Å². The first-order valence-corrected chi connectivity index (χ1v) is 8.17. The third-order valence-electron chi connectivity index (χ3n) is 3.91. The Bertz CT molecular complexity index is 805. The molecule has 0 spiro atoms. The van der Waals surface area contributed by atoms with E-state index in [1.165, 1.54) is 5.56 Å². The van der Waals surface area contributed by atoms with E-state index in [0.717, 1.165) is 27.9 Å². The van der Waals surface area contributed by atoms with E-state index in [1.54, 1.807) is 21.7 Å². The third kappa shape index (κ3) is 2.90. The molecular weight excluding hydrogens is 294 g/mol. The van der Waals surface area contributed by atoms with Crippen molar-refractivity contribution in [3.63, 3.8) is 0 Å². The fourth-order valence-electron chi connectivity index (χ4n) is 2.66. The van der Waals surface area contributed by atoms with Gasteiger partial charge in [-0.15, -0.1) is 11.3 Å². The van der Waals surface area contributed by atoms with Crippen LogP contribution in [0.1, 0.15) is 22.5 Å². The minimum absolute atomic E-state index is 0.110. The molecule has 4 nitrogen and oxygen atoms in total. The molecule has 1 aromatic carbocycles. The van der Waals surface area contributed by atoms with E-state index in [1.807, 2.05) is 19.4 Å². The number of nitrogens with one attached hydrogen (secondary N) is 1. The van der Waals surface area contributed by atoms with Crippen molar-refractivity contribution in [1.82, 2.24) is 14.9 Å². The summed E-state index contributed by atoms with van der Waals surface area (Å²) < 4.78 is 0. The molecule has 0 bridgehead atoms. The summed E-state index contributed by atoms with van der Waals surface area (Å²) in [4.78, 5) is 21.8. The molecule has 0 saturated heterocycles. The molecule has 0 aliphatic rings.